The third-order valence-electron chi connectivity index (χ3n) is 5.61. The molecule has 2 amide bonds. The molecule has 5 rings (SSSR count). The first-order chi connectivity index (χ1) is 13.0. The smallest absolute Gasteiger partial charge is 0.277 e. The number of fused-ring (bicyclic) bond motifs is 5. The van der Waals surface area contributed by atoms with E-state index in [4.69, 9.17) is 4.74 Å². The van der Waals surface area contributed by atoms with Crippen LogP contribution in [0.5, 0.6) is 0 Å². The van der Waals surface area contributed by atoms with E-state index in [0.717, 1.165) is 18.4 Å². The van der Waals surface area contributed by atoms with Crippen molar-refractivity contribution in [1.29, 1.82) is 0 Å². The van der Waals surface area contributed by atoms with Gasteiger partial charge in [-0.15, -0.1) is 0 Å². The normalized spacial score (nSPS) is 22.6. The summed E-state index contributed by atoms with van der Waals surface area (Å²) in [4.78, 5) is 33.4. The Morgan fingerprint density at radius 3 is 2.93 bits per heavy atom. The van der Waals surface area contributed by atoms with Crippen molar-refractivity contribution in [2.45, 2.75) is 25.8 Å². The summed E-state index contributed by atoms with van der Waals surface area (Å²) in [6.07, 6.45) is 3.16. The predicted octanol–water partition coefficient (Wildman–Crippen LogP) is 1.49. The molecule has 0 aliphatic carbocycles. The van der Waals surface area contributed by atoms with Crippen molar-refractivity contribution in [2.75, 3.05) is 33.4 Å². The van der Waals surface area contributed by atoms with E-state index in [1.165, 1.54) is 4.40 Å². The van der Waals surface area contributed by atoms with E-state index in [9.17, 15) is 14.0 Å². The van der Waals surface area contributed by atoms with Gasteiger partial charge in [-0.25, -0.2) is 4.98 Å². The van der Waals surface area contributed by atoms with Gasteiger partial charge in [0.15, 0.2) is 5.69 Å². The molecule has 3 aliphatic rings. The van der Waals surface area contributed by atoms with Gasteiger partial charge in [-0.05, 0) is 31.4 Å². The summed E-state index contributed by atoms with van der Waals surface area (Å²) in [5.41, 5.74) is 1.06. The molecule has 0 radical (unpaired) electrons. The van der Waals surface area contributed by atoms with Crippen LogP contribution in [-0.2, 0) is 9.53 Å². The molecule has 0 aromatic carbocycles. The number of pyridine rings is 1. The lowest BCUT2D eigenvalue weighted by atomic mass is 9.94. The third-order valence-corrected chi connectivity index (χ3v) is 5.61. The highest BCUT2D eigenvalue weighted by Gasteiger charge is 2.42. The number of aromatic nitrogens is 2. The van der Waals surface area contributed by atoms with E-state index in [0.29, 0.717) is 31.9 Å². The fourth-order valence-corrected chi connectivity index (χ4v) is 4.15. The summed E-state index contributed by atoms with van der Waals surface area (Å²) in [7, 11) is 1.60. The Labute approximate surface area is 156 Å². The molecule has 0 N–H and O–H groups in total. The minimum Gasteiger partial charge on any atom is -0.383 e. The molecule has 2 bridgehead atoms. The molecule has 5 heterocycles. The maximum absolute atomic E-state index is 14.8. The van der Waals surface area contributed by atoms with Crippen molar-refractivity contribution in [3.63, 3.8) is 0 Å². The molecule has 27 heavy (non-hydrogen) atoms. The van der Waals surface area contributed by atoms with Crippen LogP contribution in [0.4, 0.5) is 4.39 Å². The van der Waals surface area contributed by atoms with Crippen LogP contribution in [0.25, 0.3) is 5.65 Å². The molecule has 3 fully saturated rings. The van der Waals surface area contributed by atoms with Crippen molar-refractivity contribution in [1.82, 2.24) is 19.2 Å². The van der Waals surface area contributed by atoms with Gasteiger partial charge in [-0.3, -0.25) is 14.0 Å². The Morgan fingerprint density at radius 2 is 2.19 bits per heavy atom. The predicted molar refractivity (Wildman–Crippen MR) is 95.9 cm³/mol. The van der Waals surface area contributed by atoms with Crippen LogP contribution in [0.1, 0.15) is 28.9 Å². The lowest BCUT2D eigenvalue weighted by molar-refractivity contribution is -0.140. The first-order valence-electron chi connectivity index (χ1n) is 9.23. The van der Waals surface area contributed by atoms with Gasteiger partial charge in [0.1, 0.15) is 5.65 Å². The molecule has 3 aliphatic heterocycles. The molecule has 144 valence electrons. The number of methoxy groups -OCH3 is 1. The highest BCUT2D eigenvalue weighted by Crippen LogP contribution is 2.30. The summed E-state index contributed by atoms with van der Waals surface area (Å²) >= 11 is 0. The van der Waals surface area contributed by atoms with Crippen molar-refractivity contribution >= 4 is 17.5 Å². The number of imidazole rings is 1. The van der Waals surface area contributed by atoms with E-state index in [2.05, 4.69) is 4.98 Å². The summed E-state index contributed by atoms with van der Waals surface area (Å²) in [6.45, 7) is 3.51. The van der Waals surface area contributed by atoms with Gasteiger partial charge in [-0.2, -0.15) is 4.39 Å². The van der Waals surface area contributed by atoms with Gasteiger partial charge >= 0.3 is 0 Å². The molecule has 2 aromatic heterocycles. The minimum atomic E-state index is -0.655. The molecule has 2 aromatic rings. The van der Waals surface area contributed by atoms with Crippen LogP contribution >= 0.6 is 0 Å². The van der Waals surface area contributed by atoms with Gasteiger partial charge < -0.3 is 14.5 Å². The Kier molecular flexibility index (Phi) is 4.59. The SMILES string of the molecule is COCCN1C(=O)C2CCC1CN(C(=O)c1nc3c(C)cccn3c1F)C2. The molecular formula is C19H23FN4O3. The lowest BCUT2D eigenvalue weighted by Crippen LogP contribution is -2.49. The van der Waals surface area contributed by atoms with Crippen LogP contribution in [0.3, 0.4) is 0 Å². The largest absolute Gasteiger partial charge is 0.383 e. The van der Waals surface area contributed by atoms with Crippen molar-refractivity contribution in [3.8, 4) is 0 Å². The van der Waals surface area contributed by atoms with E-state index in [-0.39, 0.29) is 23.6 Å². The van der Waals surface area contributed by atoms with Crippen molar-refractivity contribution < 1.29 is 18.7 Å². The van der Waals surface area contributed by atoms with E-state index >= 15 is 0 Å². The van der Waals surface area contributed by atoms with Gasteiger partial charge in [0, 0.05) is 39.0 Å². The van der Waals surface area contributed by atoms with Crippen LogP contribution in [-0.4, -0.2) is 70.4 Å². The summed E-state index contributed by atoms with van der Waals surface area (Å²) in [5.74, 6) is -1.29. The van der Waals surface area contributed by atoms with Gasteiger partial charge in [0.05, 0.1) is 12.5 Å². The zero-order chi connectivity index (χ0) is 19.1. The van der Waals surface area contributed by atoms with Crippen molar-refractivity contribution in [3.05, 3.63) is 35.5 Å². The highest BCUT2D eigenvalue weighted by molar-refractivity contribution is 5.94. The number of amides is 2. The number of carbonyl (C=O) groups excluding carboxylic acids is 2. The molecule has 2 unspecified atom stereocenters. The fourth-order valence-electron chi connectivity index (χ4n) is 4.15. The van der Waals surface area contributed by atoms with Crippen molar-refractivity contribution in [2.24, 2.45) is 5.92 Å². The average Bonchev–Trinajstić information content (AvgIpc) is 2.81. The second kappa shape index (κ2) is 6.92. The van der Waals surface area contributed by atoms with Crippen LogP contribution in [0.15, 0.2) is 18.3 Å². The Bertz CT molecular complexity index is 896. The Morgan fingerprint density at radius 1 is 1.37 bits per heavy atom. The van der Waals surface area contributed by atoms with E-state index in [1.807, 2.05) is 17.9 Å². The quantitative estimate of drug-likeness (QED) is 0.813. The monoisotopic (exact) mass is 374 g/mol. The molecule has 7 nitrogen and oxygen atoms in total. The number of aryl methyl sites for hydroxylation is 1. The topological polar surface area (TPSA) is 67.2 Å². The molecule has 2 atom stereocenters. The number of hydrogen-bond acceptors (Lipinski definition) is 4. The third kappa shape index (κ3) is 2.97. The van der Waals surface area contributed by atoms with Crippen LogP contribution in [0.2, 0.25) is 0 Å². The second-order valence-corrected chi connectivity index (χ2v) is 7.30. The van der Waals surface area contributed by atoms with E-state index < -0.39 is 11.9 Å². The van der Waals surface area contributed by atoms with Crippen LogP contribution in [0, 0.1) is 18.8 Å². The Hall–Kier alpha value is -2.48. The first kappa shape index (κ1) is 17.9. The number of nitrogens with zero attached hydrogens (tertiary/aromatic N) is 4. The van der Waals surface area contributed by atoms with Gasteiger partial charge in [0.25, 0.3) is 5.91 Å². The summed E-state index contributed by atoms with van der Waals surface area (Å²) in [6, 6.07) is 3.49. The average molecular weight is 374 g/mol. The van der Waals surface area contributed by atoms with Crippen LogP contribution < -0.4 is 0 Å². The summed E-state index contributed by atoms with van der Waals surface area (Å²) < 4.78 is 21.2. The maximum Gasteiger partial charge on any atom is 0.277 e. The van der Waals surface area contributed by atoms with Gasteiger partial charge in [0.2, 0.25) is 11.9 Å². The molecule has 3 saturated heterocycles. The number of ether oxygens (including phenoxy) is 1. The highest BCUT2D eigenvalue weighted by atomic mass is 19.1. The second-order valence-electron chi connectivity index (χ2n) is 7.30. The number of rotatable bonds is 4. The minimum absolute atomic E-state index is 0.0582. The number of carbonyl (C=O) groups is 2. The molecular weight excluding hydrogens is 351 g/mol. The summed E-state index contributed by atoms with van der Waals surface area (Å²) in [5, 5.41) is 0. The number of piperidine rings is 1. The van der Waals surface area contributed by atoms with E-state index in [1.54, 1.807) is 24.3 Å². The number of hydrogen-bond donors (Lipinski definition) is 0. The lowest BCUT2D eigenvalue weighted by Gasteiger charge is -2.35. The first-order valence-corrected chi connectivity index (χ1v) is 9.23. The Balaban J connectivity index is 1.63. The zero-order valence-corrected chi connectivity index (χ0v) is 15.5. The number of halogens is 1. The fraction of sp³-hybridized carbons (Fsp3) is 0.526. The maximum atomic E-state index is 14.8. The zero-order valence-electron chi connectivity index (χ0n) is 15.5. The molecule has 0 spiro atoms. The standard InChI is InChI=1S/C19H23FN4O3/c1-12-4-3-7-24-16(20)15(21-17(12)24)19(26)22-10-13-5-6-14(11-22)23(18(13)25)8-9-27-2/h3-4,7,13-14H,5-6,8-11H2,1-2H3. The molecule has 8 heteroatoms. The molecule has 0 saturated carbocycles. The van der Waals surface area contributed by atoms with Gasteiger partial charge in [-0.1, -0.05) is 6.07 Å².